The number of furan rings is 2. The van der Waals surface area contributed by atoms with Gasteiger partial charge in [-0.25, -0.2) is 0 Å². The molecular weight excluding hydrogens is 1050 g/mol. The maximum absolute atomic E-state index is 6.89. The van der Waals surface area contributed by atoms with Gasteiger partial charge >= 0.3 is 0 Å². The molecule has 19 rings (SSSR count). The molecular formula is C80H50N4O2. The number of aryl methyl sites for hydroxylation is 2. The van der Waals surface area contributed by atoms with Gasteiger partial charge in [-0.3, -0.25) is 0 Å². The number of rotatable bonds is 8. The van der Waals surface area contributed by atoms with Crippen molar-refractivity contribution < 1.29 is 8.83 Å². The molecule has 6 heterocycles. The van der Waals surface area contributed by atoms with Crippen LogP contribution in [0.4, 0.5) is 34.1 Å². The summed E-state index contributed by atoms with van der Waals surface area (Å²) in [7, 11) is 0. The highest BCUT2D eigenvalue weighted by Crippen LogP contribution is 2.55. The normalized spacial score (nSPS) is 12.3. The van der Waals surface area contributed by atoms with Gasteiger partial charge in [-0.1, -0.05) is 194 Å². The van der Waals surface area contributed by atoms with Crippen LogP contribution in [0.2, 0.25) is 0 Å². The van der Waals surface area contributed by atoms with Crippen LogP contribution in [0, 0.1) is 13.8 Å². The quantitative estimate of drug-likeness (QED) is 0.152. The third-order valence-electron chi connectivity index (χ3n) is 18.5. The molecule has 0 aliphatic rings. The molecule has 0 bridgehead atoms. The highest BCUT2D eigenvalue weighted by atomic mass is 16.3. The van der Waals surface area contributed by atoms with Crippen LogP contribution < -0.4 is 9.80 Å². The highest BCUT2D eigenvalue weighted by molar-refractivity contribution is 6.38. The van der Waals surface area contributed by atoms with Gasteiger partial charge in [0, 0.05) is 98.5 Å². The van der Waals surface area contributed by atoms with Crippen molar-refractivity contribution in [2.24, 2.45) is 0 Å². The first-order valence-corrected chi connectivity index (χ1v) is 29.6. The van der Waals surface area contributed by atoms with Crippen LogP contribution in [0.3, 0.4) is 0 Å². The largest absolute Gasteiger partial charge is 0.454 e. The fraction of sp³-hybridized carbons (Fsp3) is 0.0250. The van der Waals surface area contributed by atoms with E-state index in [-0.39, 0.29) is 0 Å². The second kappa shape index (κ2) is 17.6. The molecule has 0 atom stereocenters. The van der Waals surface area contributed by atoms with Crippen molar-refractivity contribution >= 4 is 154 Å². The zero-order chi connectivity index (χ0) is 56.5. The Balaban J connectivity index is 0.905. The van der Waals surface area contributed by atoms with Crippen LogP contribution in [0.1, 0.15) is 11.1 Å². The van der Waals surface area contributed by atoms with Crippen LogP contribution in [0.15, 0.2) is 276 Å². The molecule has 0 saturated carbocycles. The standard InChI is InChI=1S/C80H50N4O2/c1-47-21-15-33-57-59-35-19-39-67(79(59)85-77(47)57)81(51-27-11-5-12-28-51)53-41-43-65-63(45-53)55-31-17-37-61-71-70(50-25-9-4-10-26-50)76-72(69(49-23-7-3-8-24-49)75(71)83(65)73(55)61)62-38-18-32-56-64-46-54(42-44-66(64)84(76)74(56)62)82(52-29-13-6-14-30-52)68-40-20-36-60-58-34-16-22-48(2)78(58)86-80(60)68/h3-46H,1-2H3. The van der Waals surface area contributed by atoms with Gasteiger partial charge in [-0.05, 0) is 109 Å². The lowest BCUT2D eigenvalue weighted by Crippen LogP contribution is -2.10. The van der Waals surface area contributed by atoms with Gasteiger partial charge in [0.15, 0.2) is 11.2 Å². The number of nitrogens with zero attached hydrogens (tertiary/aromatic N) is 4. The third kappa shape index (κ3) is 6.34. The number of fused-ring (bicyclic) bond motifs is 18. The van der Waals surface area contributed by atoms with Gasteiger partial charge < -0.3 is 27.4 Å². The van der Waals surface area contributed by atoms with E-state index in [1.54, 1.807) is 0 Å². The van der Waals surface area contributed by atoms with Crippen LogP contribution in [-0.2, 0) is 0 Å². The number of anilines is 6. The molecule has 0 N–H and O–H groups in total. The minimum atomic E-state index is 0.866. The van der Waals surface area contributed by atoms with Crippen molar-refractivity contribution in [2.45, 2.75) is 13.8 Å². The Morgan fingerprint density at radius 3 is 1.03 bits per heavy atom. The Morgan fingerprint density at radius 2 is 0.616 bits per heavy atom. The van der Waals surface area contributed by atoms with E-state index in [9.17, 15) is 0 Å². The summed E-state index contributed by atoms with van der Waals surface area (Å²) in [4.78, 5) is 4.73. The number of hydrogen-bond acceptors (Lipinski definition) is 4. The number of para-hydroxylation sites is 8. The molecule has 0 spiro atoms. The van der Waals surface area contributed by atoms with E-state index in [0.717, 1.165) is 100 Å². The lowest BCUT2D eigenvalue weighted by atomic mass is 9.89. The molecule has 86 heavy (non-hydrogen) atoms. The van der Waals surface area contributed by atoms with Crippen molar-refractivity contribution in [3.63, 3.8) is 0 Å². The summed E-state index contributed by atoms with van der Waals surface area (Å²) in [5.74, 6) is 0. The molecule has 19 aromatic rings. The minimum Gasteiger partial charge on any atom is -0.454 e. The van der Waals surface area contributed by atoms with Crippen LogP contribution in [0.5, 0.6) is 0 Å². The Hall–Kier alpha value is -11.3. The molecule has 0 aliphatic carbocycles. The molecule has 0 unspecified atom stereocenters. The predicted molar refractivity (Wildman–Crippen MR) is 360 cm³/mol. The molecule has 0 radical (unpaired) electrons. The zero-order valence-electron chi connectivity index (χ0n) is 47.0. The zero-order valence-corrected chi connectivity index (χ0v) is 47.0. The summed E-state index contributed by atoms with van der Waals surface area (Å²) in [5, 5.41) is 14.1. The van der Waals surface area contributed by atoms with Crippen molar-refractivity contribution in [1.29, 1.82) is 0 Å². The number of hydrogen-bond donors (Lipinski definition) is 0. The average Bonchev–Trinajstić information content (AvgIpc) is 1.51. The SMILES string of the molecule is Cc1cccc2c1oc1c(N(c3ccccc3)c3ccc4c(c3)c3cccc5c6c(-c7ccccc7)c7c(c(-c8ccccc8)c6n4c35)c3cccc4c5cc(N(c6ccccc6)c6cccc8c6oc6c(C)cccc68)ccc5n7c43)cccc12. The molecule has 6 nitrogen and oxygen atoms in total. The fourth-order valence-electron chi connectivity index (χ4n) is 15.0. The molecule has 402 valence electrons. The van der Waals surface area contributed by atoms with E-state index < -0.39 is 0 Å². The van der Waals surface area contributed by atoms with E-state index in [1.807, 2.05) is 0 Å². The topological polar surface area (TPSA) is 41.6 Å². The second-order valence-corrected chi connectivity index (χ2v) is 23.2. The van der Waals surface area contributed by atoms with Gasteiger partial charge in [-0.15, -0.1) is 0 Å². The average molecular weight is 1100 g/mol. The van der Waals surface area contributed by atoms with E-state index in [2.05, 4.69) is 299 Å². The van der Waals surface area contributed by atoms with E-state index in [0.29, 0.717) is 0 Å². The molecule has 0 fully saturated rings. The Labute approximate surface area is 493 Å². The van der Waals surface area contributed by atoms with E-state index in [4.69, 9.17) is 8.83 Å². The molecule has 0 saturated heterocycles. The first-order valence-electron chi connectivity index (χ1n) is 29.6. The molecule has 6 aromatic heterocycles. The lowest BCUT2D eigenvalue weighted by Gasteiger charge is -2.25. The minimum absolute atomic E-state index is 0.866. The maximum atomic E-state index is 6.89. The summed E-state index contributed by atoms with van der Waals surface area (Å²) in [6.07, 6.45) is 0. The van der Waals surface area contributed by atoms with Crippen molar-refractivity contribution in [3.8, 4) is 22.3 Å². The molecule has 0 aliphatic heterocycles. The van der Waals surface area contributed by atoms with Crippen LogP contribution >= 0.6 is 0 Å². The Morgan fingerprint density at radius 1 is 0.267 bits per heavy atom. The van der Waals surface area contributed by atoms with Gasteiger partial charge in [0.05, 0.1) is 44.5 Å². The predicted octanol–water partition coefficient (Wildman–Crippen LogP) is 22.7. The monoisotopic (exact) mass is 1100 g/mol. The molecule has 13 aromatic carbocycles. The van der Waals surface area contributed by atoms with E-state index in [1.165, 1.54) is 87.4 Å². The summed E-state index contributed by atoms with van der Waals surface area (Å²) < 4.78 is 19.0. The van der Waals surface area contributed by atoms with Gasteiger partial charge in [0.25, 0.3) is 0 Å². The summed E-state index contributed by atoms with van der Waals surface area (Å²) in [6, 6.07) is 97.6. The smallest absolute Gasteiger partial charge is 0.159 e. The number of aromatic nitrogens is 2. The highest BCUT2D eigenvalue weighted by Gasteiger charge is 2.32. The van der Waals surface area contributed by atoms with Gasteiger partial charge in [0.2, 0.25) is 0 Å². The van der Waals surface area contributed by atoms with E-state index >= 15 is 0 Å². The lowest BCUT2D eigenvalue weighted by molar-refractivity contribution is 0.665. The molecule has 0 amide bonds. The Kier molecular flexibility index (Phi) is 9.65. The summed E-state index contributed by atoms with van der Waals surface area (Å²) in [6.45, 7) is 4.25. The van der Waals surface area contributed by atoms with Crippen molar-refractivity contribution in [2.75, 3.05) is 9.80 Å². The first-order chi connectivity index (χ1) is 42.6. The fourth-order valence-corrected chi connectivity index (χ4v) is 15.0. The number of benzene rings is 13. The van der Waals surface area contributed by atoms with Crippen LogP contribution in [-0.4, -0.2) is 8.80 Å². The van der Waals surface area contributed by atoms with Crippen LogP contribution in [0.25, 0.3) is 142 Å². The van der Waals surface area contributed by atoms with Crippen molar-refractivity contribution in [3.05, 3.63) is 278 Å². The first kappa shape index (κ1) is 47.2. The Bertz CT molecular complexity index is 5610. The van der Waals surface area contributed by atoms with Crippen molar-refractivity contribution in [1.82, 2.24) is 8.80 Å². The third-order valence-corrected chi connectivity index (χ3v) is 18.5. The van der Waals surface area contributed by atoms with Gasteiger partial charge in [0.1, 0.15) is 11.2 Å². The second-order valence-electron chi connectivity index (χ2n) is 23.2. The maximum Gasteiger partial charge on any atom is 0.159 e. The van der Waals surface area contributed by atoms with Gasteiger partial charge in [-0.2, -0.15) is 0 Å². The molecule has 6 heteroatoms. The summed E-state index contributed by atoms with van der Waals surface area (Å²) in [5.41, 5.74) is 23.9. The summed E-state index contributed by atoms with van der Waals surface area (Å²) >= 11 is 0.